The fourth-order valence-electron chi connectivity index (χ4n) is 2.76. The van der Waals surface area contributed by atoms with E-state index in [2.05, 4.69) is 0 Å². The lowest BCUT2D eigenvalue weighted by atomic mass is 9.83. The summed E-state index contributed by atoms with van der Waals surface area (Å²) >= 11 is 0. The summed E-state index contributed by atoms with van der Waals surface area (Å²) < 4.78 is 38.2. The third-order valence-electron chi connectivity index (χ3n) is 3.92. The standard InChI is InChI=1S/C15H21F2NO2/c1-2-20-15(6-8-19-9-7-15)13(18)10-11-4-3-5-12(16)14(11)17/h3-5,13H,2,6-10,18H2,1H3. The molecule has 0 amide bonds. The van der Waals surface area contributed by atoms with Gasteiger partial charge in [0.15, 0.2) is 11.6 Å². The van der Waals surface area contributed by atoms with Crippen molar-refractivity contribution in [3.05, 3.63) is 35.4 Å². The zero-order valence-corrected chi connectivity index (χ0v) is 11.7. The van der Waals surface area contributed by atoms with Gasteiger partial charge in [0.25, 0.3) is 0 Å². The number of halogens is 2. The van der Waals surface area contributed by atoms with E-state index >= 15 is 0 Å². The predicted molar refractivity (Wildman–Crippen MR) is 72.4 cm³/mol. The average molecular weight is 285 g/mol. The molecule has 1 aliphatic heterocycles. The Bertz CT molecular complexity index is 442. The van der Waals surface area contributed by atoms with Gasteiger partial charge in [-0.15, -0.1) is 0 Å². The number of ether oxygens (including phenoxy) is 2. The SMILES string of the molecule is CCOC1(C(N)Cc2cccc(F)c2F)CCOCC1. The number of rotatable bonds is 5. The van der Waals surface area contributed by atoms with E-state index in [4.69, 9.17) is 15.2 Å². The molecule has 1 unspecified atom stereocenters. The summed E-state index contributed by atoms with van der Waals surface area (Å²) in [6.07, 6.45) is 1.61. The molecule has 3 nitrogen and oxygen atoms in total. The normalized spacial score (nSPS) is 19.8. The molecule has 1 aliphatic rings. The van der Waals surface area contributed by atoms with Gasteiger partial charge in [0, 0.05) is 38.7 Å². The Hall–Kier alpha value is -1.04. The van der Waals surface area contributed by atoms with E-state index in [9.17, 15) is 8.78 Å². The molecular weight excluding hydrogens is 264 g/mol. The van der Waals surface area contributed by atoms with Crippen LogP contribution in [0.25, 0.3) is 0 Å². The largest absolute Gasteiger partial charge is 0.381 e. The van der Waals surface area contributed by atoms with Crippen LogP contribution in [0.4, 0.5) is 8.78 Å². The molecule has 1 atom stereocenters. The van der Waals surface area contributed by atoms with Crippen LogP contribution in [0.3, 0.4) is 0 Å². The molecule has 1 aromatic rings. The van der Waals surface area contributed by atoms with E-state index in [0.717, 1.165) is 6.07 Å². The zero-order valence-electron chi connectivity index (χ0n) is 11.7. The van der Waals surface area contributed by atoms with Crippen LogP contribution in [0, 0.1) is 11.6 Å². The van der Waals surface area contributed by atoms with Gasteiger partial charge in [-0.05, 0) is 25.0 Å². The van der Waals surface area contributed by atoms with Gasteiger partial charge in [0.05, 0.1) is 5.60 Å². The van der Waals surface area contributed by atoms with Gasteiger partial charge in [0.2, 0.25) is 0 Å². The highest BCUT2D eigenvalue weighted by atomic mass is 19.2. The van der Waals surface area contributed by atoms with Gasteiger partial charge in [-0.3, -0.25) is 0 Å². The Labute approximate surface area is 118 Å². The van der Waals surface area contributed by atoms with E-state index in [0.29, 0.717) is 38.2 Å². The third kappa shape index (κ3) is 3.16. The maximum Gasteiger partial charge on any atom is 0.162 e. The molecule has 0 radical (unpaired) electrons. The fourth-order valence-corrected chi connectivity index (χ4v) is 2.76. The first-order valence-electron chi connectivity index (χ1n) is 6.99. The monoisotopic (exact) mass is 285 g/mol. The molecule has 0 aromatic heterocycles. The number of hydrogen-bond acceptors (Lipinski definition) is 3. The molecule has 1 heterocycles. The van der Waals surface area contributed by atoms with Crippen LogP contribution in [-0.2, 0) is 15.9 Å². The van der Waals surface area contributed by atoms with Crippen molar-refractivity contribution in [1.29, 1.82) is 0 Å². The smallest absolute Gasteiger partial charge is 0.162 e. The van der Waals surface area contributed by atoms with Crippen molar-refractivity contribution < 1.29 is 18.3 Å². The summed E-state index contributed by atoms with van der Waals surface area (Å²) in [7, 11) is 0. The summed E-state index contributed by atoms with van der Waals surface area (Å²) in [5.41, 5.74) is 6.04. The van der Waals surface area contributed by atoms with E-state index in [-0.39, 0.29) is 12.5 Å². The van der Waals surface area contributed by atoms with Gasteiger partial charge >= 0.3 is 0 Å². The minimum absolute atomic E-state index is 0.254. The molecule has 0 saturated carbocycles. The Morgan fingerprint density at radius 1 is 1.35 bits per heavy atom. The zero-order chi connectivity index (χ0) is 14.6. The number of hydrogen-bond donors (Lipinski definition) is 1. The molecule has 0 bridgehead atoms. The van der Waals surface area contributed by atoms with Crippen LogP contribution in [0.15, 0.2) is 18.2 Å². The molecule has 1 aromatic carbocycles. The summed E-state index contributed by atoms with van der Waals surface area (Å²) in [4.78, 5) is 0. The van der Waals surface area contributed by atoms with Crippen LogP contribution in [-0.4, -0.2) is 31.5 Å². The lowest BCUT2D eigenvalue weighted by Gasteiger charge is -2.41. The summed E-state index contributed by atoms with van der Waals surface area (Å²) in [6, 6.07) is 3.79. The second kappa shape index (κ2) is 6.61. The van der Waals surface area contributed by atoms with Crippen molar-refractivity contribution in [2.75, 3.05) is 19.8 Å². The average Bonchev–Trinajstić information content (AvgIpc) is 2.45. The molecule has 1 fully saturated rings. The maximum atomic E-state index is 13.7. The third-order valence-corrected chi connectivity index (χ3v) is 3.92. The predicted octanol–water partition coefficient (Wildman–Crippen LogP) is 2.42. The van der Waals surface area contributed by atoms with Crippen LogP contribution in [0.1, 0.15) is 25.3 Å². The first-order valence-corrected chi connectivity index (χ1v) is 6.99. The van der Waals surface area contributed by atoms with Crippen molar-refractivity contribution in [2.45, 2.75) is 37.8 Å². The molecule has 20 heavy (non-hydrogen) atoms. The fraction of sp³-hybridized carbons (Fsp3) is 0.600. The Kier molecular flexibility index (Phi) is 5.07. The van der Waals surface area contributed by atoms with Crippen molar-refractivity contribution in [3.63, 3.8) is 0 Å². The van der Waals surface area contributed by atoms with Crippen LogP contribution in [0.2, 0.25) is 0 Å². The minimum atomic E-state index is -0.841. The first-order chi connectivity index (χ1) is 9.59. The molecule has 5 heteroatoms. The lowest BCUT2D eigenvalue weighted by molar-refractivity contribution is -0.120. The van der Waals surface area contributed by atoms with Crippen molar-refractivity contribution >= 4 is 0 Å². The van der Waals surface area contributed by atoms with E-state index < -0.39 is 17.2 Å². The molecule has 1 saturated heterocycles. The van der Waals surface area contributed by atoms with E-state index in [1.54, 1.807) is 6.07 Å². The highest BCUT2D eigenvalue weighted by Crippen LogP contribution is 2.30. The lowest BCUT2D eigenvalue weighted by Crippen LogP contribution is -2.54. The Morgan fingerprint density at radius 2 is 2.05 bits per heavy atom. The van der Waals surface area contributed by atoms with Gasteiger partial charge in [0.1, 0.15) is 0 Å². The molecule has 0 aliphatic carbocycles. The molecule has 2 rings (SSSR count). The minimum Gasteiger partial charge on any atom is -0.381 e. The second-order valence-electron chi connectivity index (χ2n) is 5.13. The highest BCUT2D eigenvalue weighted by Gasteiger charge is 2.39. The topological polar surface area (TPSA) is 44.5 Å². The number of benzene rings is 1. The summed E-state index contributed by atoms with van der Waals surface area (Å²) in [5, 5.41) is 0. The summed E-state index contributed by atoms with van der Waals surface area (Å²) in [6.45, 7) is 3.62. The van der Waals surface area contributed by atoms with E-state index in [1.165, 1.54) is 6.07 Å². The second-order valence-corrected chi connectivity index (χ2v) is 5.13. The quantitative estimate of drug-likeness (QED) is 0.903. The molecule has 112 valence electrons. The van der Waals surface area contributed by atoms with Crippen molar-refractivity contribution in [2.24, 2.45) is 5.73 Å². The van der Waals surface area contributed by atoms with Gasteiger partial charge in [-0.2, -0.15) is 0 Å². The first kappa shape index (κ1) is 15.4. The molecule has 0 spiro atoms. The maximum absolute atomic E-state index is 13.7. The molecular formula is C15H21F2NO2. The molecule has 2 N–H and O–H groups in total. The van der Waals surface area contributed by atoms with E-state index in [1.807, 2.05) is 6.92 Å². The highest BCUT2D eigenvalue weighted by molar-refractivity contribution is 5.21. The Balaban J connectivity index is 2.15. The van der Waals surface area contributed by atoms with Crippen LogP contribution >= 0.6 is 0 Å². The van der Waals surface area contributed by atoms with Crippen LogP contribution < -0.4 is 5.73 Å². The van der Waals surface area contributed by atoms with Crippen molar-refractivity contribution in [3.8, 4) is 0 Å². The van der Waals surface area contributed by atoms with Crippen LogP contribution in [0.5, 0.6) is 0 Å². The van der Waals surface area contributed by atoms with Gasteiger partial charge in [-0.25, -0.2) is 8.78 Å². The van der Waals surface area contributed by atoms with Gasteiger partial charge in [-0.1, -0.05) is 12.1 Å². The number of nitrogens with two attached hydrogens (primary N) is 1. The summed E-state index contributed by atoms with van der Waals surface area (Å²) in [5.74, 6) is -1.66. The van der Waals surface area contributed by atoms with Gasteiger partial charge < -0.3 is 15.2 Å². The Morgan fingerprint density at radius 3 is 2.70 bits per heavy atom. The van der Waals surface area contributed by atoms with Crippen molar-refractivity contribution in [1.82, 2.24) is 0 Å².